The summed E-state index contributed by atoms with van der Waals surface area (Å²) < 4.78 is 16.3. The second-order valence-corrected chi connectivity index (χ2v) is 8.61. The Bertz CT molecular complexity index is 1360. The molecule has 10 heteroatoms. The minimum Gasteiger partial charge on any atom is -0.378 e. The highest BCUT2D eigenvalue weighted by Gasteiger charge is 2.49. The number of nitrogens with zero attached hydrogens (tertiary/aromatic N) is 5. The first-order valence-electron chi connectivity index (χ1n) is 11.1. The summed E-state index contributed by atoms with van der Waals surface area (Å²) in [5.41, 5.74) is 1.34. The Hall–Kier alpha value is -4.05. The van der Waals surface area contributed by atoms with Gasteiger partial charge in [-0.2, -0.15) is 5.10 Å². The molecule has 4 rings (SSSR count). The SMILES string of the molecule is C/C=C(Nc1ccc(C)cc1F)\C(=N/N(C)C=O)C(=O)N1CC(O)(c2nc3ccccc3n2C)C1. The van der Waals surface area contributed by atoms with Gasteiger partial charge >= 0.3 is 0 Å². The van der Waals surface area contributed by atoms with Crippen molar-refractivity contribution in [2.45, 2.75) is 19.4 Å². The number of β-amino-alcohol motifs (C(OH)–C–C–N with tert-alkyl or cyclic N) is 1. The first-order valence-corrected chi connectivity index (χ1v) is 11.1. The molecule has 2 heterocycles. The lowest BCUT2D eigenvalue weighted by Crippen LogP contribution is -2.63. The summed E-state index contributed by atoms with van der Waals surface area (Å²) in [4.78, 5) is 30.6. The number of para-hydroxylation sites is 2. The minimum absolute atomic E-state index is 0.0112. The van der Waals surface area contributed by atoms with Crippen molar-refractivity contribution in [2.24, 2.45) is 12.1 Å². The Kier molecular flexibility index (Phi) is 6.40. The van der Waals surface area contributed by atoms with E-state index in [9.17, 15) is 19.1 Å². The molecule has 1 aliphatic heterocycles. The molecule has 1 aromatic heterocycles. The molecule has 35 heavy (non-hydrogen) atoms. The third kappa shape index (κ3) is 4.52. The normalized spacial score (nSPS) is 15.7. The van der Waals surface area contributed by atoms with E-state index >= 15 is 0 Å². The molecule has 0 radical (unpaired) electrons. The highest BCUT2D eigenvalue weighted by Crippen LogP contribution is 2.33. The molecule has 3 aromatic rings. The van der Waals surface area contributed by atoms with Gasteiger partial charge in [0.2, 0.25) is 6.41 Å². The molecule has 9 nitrogen and oxygen atoms in total. The molecule has 0 bridgehead atoms. The summed E-state index contributed by atoms with van der Waals surface area (Å²) in [7, 11) is 3.21. The quantitative estimate of drug-likeness (QED) is 0.309. The summed E-state index contributed by atoms with van der Waals surface area (Å²) >= 11 is 0. The molecule has 0 spiro atoms. The topological polar surface area (TPSA) is 103 Å². The maximum Gasteiger partial charge on any atom is 0.276 e. The lowest BCUT2D eigenvalue weighted by molar-refractivity contribution is -0.152. The van der Waals surface area contributed by atoms with Crippen LogP contribution in [0.4, 0.5) is 10.1 Å². The zero-order valence-corrected chi connectivity index (χ0v) is 20.0. The Morgan fingerprint density at radius 2 is 2.00 bits per heavy atom. The number of aliphatic hydroxyl groups is 1. The fraction of sp³-hybridized carbons (Fsp3) is 0.280. The number of imidazole rings is 1. The number of aryl methyl sites for hydroxylation is 2. The van der Waals surface area contributed by atoms with Gasteiger partial charge < -0.3 is 19.9 Å². The first-order chi connectivity index (χ1) is 16.7. The number of allylic oxidation sites excluding steroid dienone is 1. The predicted octanol–water partition coefficient (Wildman–Crippen LogP) is 2.51. The number of carbonyl (C=O) groups excluding carboxylic acids is 2. The van der Waals surface area contributed by atoms with E-state index in [0.717, 1.165) is 21.6 Å². The van der Waals surface area contributed by atoms with Crippen molar-refractivity contribution in [2.75, 3.05) is 25.5 Å². The van der Waals surface area contributed by atoms with E-state index in [0.29, 0.717) is 12.2 Å². The number of benzene rings is 2. The number of halogens is 1. The molecule has 2 amide bonds. The molecule has 182 valence electrons. The summed E-state index contributed by atoms with van der Waals surface area (Å²) in [6.07, 6.45) is 2.03. The zero-order valence-electron chi connectivity index (χ0n) is 20.0. The molecular weight excluding hydrogens is 451 g/mol. The summed E-state index contributed by atoms with van der Waals surface area (Å²) in [6, 6.07) is 12.2. The lowest BCUT2D eigenvalue weighted by Gasteiger charge is -2.45. The Balaban J connectivity index is 1.59. The predicted molar refractivity (Wildman–Crippen MR) is 131 cm³/mol. The number of fused-ring (bicyclic) bond motifs is 1. The zero-order chi connectivity index (χ0) is 25.3. The van der Waals surface area contributed by atoms with Crippen molar-refractivity contribution in [3.05, 3.63) is 71.4 Å². The maximum absolute atomic E-state index is 14.5. The molecule has 0 saturated carbocycles. The van der Waals surface area contributed by atoms with E-state index in [1.807, 2.05) is 35.9 Å². The van der Waals surface area contributed by atoms with Crippen molar-refractivity contribution in [1.82, 2.24) is 19.5 Å². The highest BCUT2D eigenvalue weighted by molar-refractivity contribution is 6.46. The number of likely N-dealkylation sites (tertiary alicyclic amines) is 1. The summed E-state index contributed by atoms with van der Waals surface area (Å²) in [5, 5.41) is 19.2. The molecule has 0 atom stereocenters. The Labute approximate surface area is 202 Å². The highest BCUT2D eigenvalue weighted by atomic mass is 19.1. The maximum atomic E-state index is 14.5. The van der Waals surface area contributed by atoms with Crippen LogP contribution in [0.5, 0.6) is 0 Å². The van der Waals surface area contributed by atoms with Crippen LogP contribution in [0.1, 0.15) is 18.3 Å². The van der Waals surface area contributed by atoms with E-state index < -0.39 is 17.3 Å². The van der Waals surface area contributed by atoms with Crippen LogP contribution in [0, 0.1) is 12.7 Å². The van der Waals surface area contributed by atoms with E-state index in [-0.39, 0.29) is 30.2 Å². The number of carbonyl (C=O) groups is 2. The third-order valence-electron chi connectivity index (χ3n) is 5.95. The molecule has 1 fully saturated rings. The van der Waals surface area contributed by atoms with Gasteiger partial charge in [-0.05, 0) is 43.7 Å². The van der Waals surface area contributed by atoms with Crippen molar-refractivity contribution in [3.63, 3.8) is 0 Å². The van der Waals surface area contributed by atoms with Crippen LogP contribution < -0.4 is 5.32 Å². The van der Waals surface area contributed by atoms with E-state index in [2.05, 4.69) is 15.4 Å². The lowest BCUT2D eigenvalue weighted by atomic mass is 9.92. The molecule has 0 unspecified atom stereocenters. The third-order valence-corrected chi connectivity index (χ3v) is 5.95. The van der Waals surface area contributed by atoms with Gasteiger partial charge in [-0.3, -0.25) is 9.59 Å². The smallest absolute Gasteiger partial charge is 0.276 e. The van der Waals surface area contributed by atoms with Gasteiger partial charge in [0.05, 0.1) is 35.5 Å². The van der Waals surface area contributed by atoms with Crippen LogP contribution in [0.25, 0.3) is 11.0 Å². The molecular formula is C25H27FN6O3. The first kappa shape index (κ1) is 24.1. The summed E-state index contributed by atoms with van der Waals surface area (Å²) in [5.74, 6) is -0.548. The molecule has 0 aliphatic carbocycles. The van der Waals surface area contributed by atoms with Crippen molar-refractivity contribution in [3.8, 4) is 0 Å². The average molecular weight is 479 g/mol. The number of hydrogen-bond donors (Lipinski definition) is 2. The van der Waals surface area contributed by atoms with Crippen LogP contribution in [0.2, 0.25) is 0 Å². The van der Waals surface area contributed by atoms with E-state index in [1.165, 1.54) is 18.0 Å². The number of anilines is 1. The average Bonchev–Trinajstić information content (AvgIpc) is 3.17. The molecule has 2 N–H and O–H groups in total. The van der Waals surface area contributed by atoms with Gasteiger partial charge in [-0.25, -0.2) is 14.4 Å². The van der Waals surface area contributed by atoms with Gasteiger partial charge in [0.1, 0.15) is 11.6 Å². The van der Waals surface area contributed by atoms with Gasteiger partial charge in [0.15, 0.2) is 11.3 Å². The molecule has 1 saturated heterocycles. The van der Waals surface area contributed by atoms with Crippen molar-refractivity contribution < 1.29 is 19.1 Å². The van der Waals surface area contributed by atoms with Gasteiger partial charge in [-0.1, -0.05) is 24.3 Å². The van der Waals surface area contributed by atoms with E-state index in [1.54, 1.807) is 32.1 Å². The monoisotopic (exact) mass is 478 g/mol. The van der Waals surface area contributed by atoms with Crippen LogP contribution in [-0.4, -0.2) is 62.7 Å². The van der Waals surface area contributed by atoms with Crippen LogP contribution >= 0.6 is 0 Å². The number of nitrogens with one attached hydrogen (secondary N) is 1. The minimum atomic E-state index is -1.34. The van der Waals surface area contributed by atoms with Crippen LogP contribution in [0.3, 0.4) is 0 Å². The van der Waals surface area contributed by atoms with Gasteiger partial charge in [0.25, 0.3) is 5.91 Å². The summed E-state index contributed by atoms with van der Waals surface area (Å²) in [6.45, 7) is 3.42. The van der Waals surface area contributed by atoms with Crippen molar-refractivity contribution >= 4 is 34.7 Å². The molecule has 2 aromatic carbocycles. The number of aromatic nitrogens is 2. The molecule has 1 aliphatic rings. The number of amides is 2. The number of rotatable bonds is 7. The Morgan fingerprint density at radius 3 is 2.63 bits per heavy atom. The van der Waals surface area contributed by atoms with Crippen molar-refractivity contribution in [1.29, 1.82) is 0 Å². The number of hydrazone groups is 1. The van der Waals surface area contributed by atoms with Crippen LogP contribution in [0.15, 0.2) is 59.3 Å². The fourth-order valence-electron chi connectivity index (χ4n) is 4.11. The number of hydrogen-bond acceptors (Lipinski definition) is 6. The second kappa shape index (κ2) is 9.30. The fourth-order valence-corrected chi connectivity index (χ4v) is 4.11. The van der Waals surface area contributed by atoms with Crippen LogP contribution in [-0.2, 0) is 22.2 Å². The van der Waals surface area contributed by atoms with E-state index in [4.69, 9.17) is 0 Å². The standard InChI is InChI=1S/C25H27FN6O3/c1-5-18(27-19-11-10-16(2)12-17(19)26)22(29-30(3)15-33)23(34)32-13-25(35,14-32)24-28-20-8-6-7-9-21(20)31(24)4/h5-12,15,27,35H,13-14H2,1-4H3/b18-5+,29-22+. The van der Waals surface area contributed by atoms with Gasteiger partial charge in [0, 0.05) is 14.1 Å². The van der Waals surface area contributed by atoms with Gasteiger partial charge in [-0.15, -0.1) is 0 Å². The largest absolute Gasteiger partial charge is 0.378 e. The Morgan fingerprint density at radius 1 is 1.29 bits per heavy atom. The second-order valence-electron chi connectivity index (χ2n) is 8.61.